The average Bonchev–Trinajstić information content (AvgIpc) is 3.04. The highest BCUT2D eigenvalue weighted by Crippen LogP contribution is 2.16. The van der Waals surface area contributed by atoms with Crippen LogP contribution in [0.5, 0.6) is 0 Å². The Labute approximate surface area is 150 Å². The van der Waals surface area contributed by atoms with E-state index < -0.39 is 10.0 Å². The smallest absolute Gasteiger partial charge is 0.261 e. The van der Waals surface area contributed by atoms with Gasteiger partial charge in [-0.1, -0.05) is 12.1 Å². The number of hydrogen-bond acceptors (Lipinski definition) is 5. The summed E-state index contributed by atoms with van der Waals surface area (Å²) in [4.78, 5) is 24.3. The van der Waals surface area contributed by atoms with Gasteiger partial charge in [-0.15, -0.1) is 11.3 Å². The normalized spacial score (nSPS) is 10.9. The van der Waals surface area contributed by atoms with E-state index >= 15 is 0 Å². The van der Waals surface area contributed by atoms with Crippen LogP contribution in [0.1, 0.15) is 22.5 Å². The minimum atomic E-state index is -3.37. The van der Waals surface area contributed by atoms with Crippen molar-refractivity contribution in [2.45, 2.75) is 12.8 Å². The molecule has 0 aliphatic heterocycles. The van der Waals surface area contributed by atoms with E-state index in [1.54, 1.807) is 30.3 Å². The zero-order chi connectivity index (χ0) is 18.3. The molecule has 3 N–H and O–H groups in total. The molecule has 0 aliphatic carbocycles. The Balaban J connectivity index is 1.75. The molecule has 0 radical (unpaired) electrons. The van der Waals surface area contributed by atoms with Crippen LogP contribution in [0.4, 0.5) is 11.4 Å². The van der Waals surface area contributed by atoms with E-state index in [0.29, 0.717) is 29.2 Å². The lowest BCUT2D eigenvalue weighted by Crippen LogP contribution is -2.24. The minimum Gasteiger partial charge on any atom is -0.351 e. The first-order valence-corrected chi connectivity index (χ1v) is 10.3. The molecule has 0 saturated carbocycles. The van der Waals surface area contributed by atoms with Crippen molar-refractivity contribution in [3.8, 4) is 0 Å². The molecule has 2 rings (SSSR count). The van der Waals surface area contributed by atoms with Gasteiger partial charge in [-0.2, -0.15) is 0 Å². The molecule has 7 nitrogen and oxygen atoms in total. The van der Waals surface area contributed by atoms with Gasteiger partial charge < -0.3 is 10.6 Å². The molecule has 1 heterocycles. The Kier molecular flexibility index (Phi) is 6.54. The maximum absolute atomic E-state index is 11.9. The molecule has 25 heavy (non-hydrogen) atoms. The fourth-order valence-electron chi connectivity index (χ4n) is 2.04. The Morgan fingerprint density at radius 1 is 1.12 bits per heavy atom. The van der Waals surface area contributed by atoms with Crippen molar-refractivity contribution < 1.29 is 18.0 Å². The topological polar surface area (TPSA) is 104 Å². The van der Waals surface area contributed by atoms with Gasteiger partial charge in [-0.05, 0) is 36.1 Å². The van der Waals surface area contributed by atoms with Crippen molar-refractivity contribution >= 4 is 44.5 Å². The SMILES string of the molecule is CS(=O)(=O)Nc1cccc(NC(=O)CCCNC(=O)c2cccs2)c1. The van der Waals surface area contributed by atoms with Gasteiger partial charge in [-0.25, -0.2) is 8.42 Å². The van der Waals surface area contributed by atoms with Crippen molar-refractivity contribution in [2.75, 3.05) is 22.8 Å². The molecule has 2 amide bonds. The minimum absolute atomic E-state index is 0.144. The van der Waals surface area contributed by atoms with E-state index in [0.717, 1.165) is 6.26 Å². The molecular formula is C16H19N3O4S2. The fourth-order valence-corrected chi connectivity index (χ4v) is 3.24. The Hall–Kier alpha value is -2.39. The molecule has 0 unspecified atom stereocenters. The summed E-state index contributed by atoms with van der Waals surface area (Å²) in [5.74, 6) is -0.350. The van der Waals surface area contributed by atoms with Gasteiger partial charge in [0.2, 0.25) is 15.9 Å². The lowest BCUT2D eigenvalue weighted by molar-refractivity contribution is -0.116. The Morgan fingerprint density at radius 3 is 2.56 bits per heavy atom. The summed E-state index contributed by atoms with van der Waals surface area (Å²) in [6, 6.07) is 9.99. The predicted octanol–water partition coefficient (Wildman–Crippen LogP) is 2.27. The molecule has 0 saturated heterocycles. The first-order valence-electron chi connectivity index (χ1n) is 7.53. The third-order valence-corrected chi connectivity index (χ3v) is 4.54. The van der Waals surface area contributed by atoms with Crippen LogP contribution >= 0.6 is 11.3 Å². The number of anilines is 2. The van der Waals surface area contributed by atoms with Gasteiger partial charge in [0.15, 0.2) is 0 Å². The van der Waals surface area contributed by atoms with Gasteiger partial charge in [-0.3, -0.25) is 14.3 Å². The summed E-state index contributed by atoms with van der Waals surface area (Å²) in [5.41, 5.74) is 0.879. The molecule has 134 valence electrons. The van der Waals surface area contributed by atoms with Crippen molar-refractivity contribution in [1.82, 2.24) is 5.32 Å². The van der Waals surface area contributed by atoms with Crippen LogP contribution in [0.3, 0.4) is 0 Å². The quantitative estimate of drug-likeness (QED) is 0.610. The van der Waals surface area contributed by atoms with Gasteiger partial charge in [0.05, 0.1) is 16.8 Å². The van der Waals surface area contributed by atoms with Gasteiger partial charge in [0, 0.05) is 18.7 Å². The average molecular weight is 381 g/mol. The van der Waals surface area contributed by atoms with Crippen LogP contribution in [0.2, 0.25) is 0 Å². The summed E-state index contributed by atoms with van der Waals surface area (Å²) in [5, 5.41) is 7.28. The number of benzene rings is 1. The van der Waals surface area contributed by atoms with Crippen LogP contribution in [-0.4, -0.2) is 33.0 Å². The number of thiophene rings is 1. The third-order valence-electron chi connectivity index (χ3n) is 3.06. The molecule has 9 heteroatoms. The molecule has 2 aromatic rings. The molecule has 1 aromatic heterocycles. The Morgan fingerprint density at radius 2 is 1.88 bits per heavy atom. The van der Waals surface area contributed by atoms with Crippen molar-refractivity contribution in [3.05, 3.63) is 46.7 Å². The summed E-state index contributed by atoms with van der Waals surface area (Å²) in [6.45, 7) is 0.403. The number of nitrogens with one attached hydrogen (secondary N) is 3. The molecule has 0 aliphatic rings. The van der Waals surface area contributed by atoms with Crippen LogP contribution in [-0.2, 0) is 14.8 Å². The van der Waals surface area contributed by atoms with Gasteiger partial charge in [0.25, 0.3) is 5.91 Å². The molecule has 0 atom stereocenters. The number of carbonyl (C=O) groups is 2. The second-order valence-corrected chi connectivity index (χ2v) is 8.04. The fraction of sp³-hybridized carbons (Fsp3) is 0.250. The largest absolute Gasteiger partial charge is 0.351 e. The lowest BCUT2D eigenvalue weighted by Gasteiger charge is -2.08. The first-order chi connectivity index (χ1) is 11.8. The van der Waals surface area contributed by atoms with E-state index in [1.165, 1.54) is 17.4 Å². The first kappa shape index (κ1) is 18.9. The highest BCUT2D eigenvalue weighted by molar-refractivity contribution is 7.92. The summed E-state index contributed by atoms with van der Waals surface area (Å²) in [6.07, 6.45) is 1.81. The second kappa shape index (κ2) is 8.63. The molecule has 0 bridgehead atoms. The monoisotopic (exact) mass is 381 g/mol. The number of amides is 2. The maximum Gasteiger partial charge on any atom is 0.261 e. The summed E-state index contributed by atoms with van der Waals surface area (Å²) in [7, 11) is -3.37. The van der Waals surface area contributed by atoms with E-state index in [1.807, 2.05) is 5.38 Å². The number of sulfonamides is 1. The Bertz CT molecular complexity index is 833. The number of rotatable bonds is 8. The summed E-state index contributed by atoms with van der Waals surface area (Å²) < 4.78 is 24.8. The predicted molar refractivity (Wildman–Crippen MR) is 99.4 cm³/mol. The van der Waals surface area contributed by atoms with Crippen LogP contribution in [0.25, 0.3) is 0 Å². The summed E-state index contributed by atoms with van der Waals surface area (Å²) >= 11 is 1.36. The second-order valence-electron chi connectivity index (χ2n) is 5.34. The zero-order valence-corrected chi connectivity index (χ0v) is 15.2. The van der Waals surface area contributed by atoms with E-state index in [9.17, 15) is 18.0 Å². The molecule has 0 fully saturated rings. The van der Waals surface area contributed by atoms with Gasteiger partial charge >= 0.3 is 0 Å². The zero-order valence-electron chi connectivity index (χ0n) is 13.6. The van der Waals surface area contributed by atoms with Crippen molar-refractivity contribution in [2.24, 2.45) is 0 Å². The standard InChI is InChI=1S/C16H19N3O4S2/c1-25(22,23)19-13-6-2-5-12(11-13)18-15(20)8-3-9-17-16(21)14-7-4-10-24-14/h2,4-7,10-11,19H,3,8-9H2,1H3,(H,17,21)(H,18,20). The maximum atomic E-state index is 11.9. The van der Waals surface area contributed by atoms with Crippen LogP contribution in [0.15, 0.2) is 41.8 Å². The van der Waals surface area contributed by atoms with Crippen LogP contribution in [0, 0.1) is 0 Å². The molecule has 1 aromatic carbocycles. The van der Waals surface area contributed by atoms with E-state index in [-0.39, 0.29) is 18.2 Å². The van der Waals surface area contributed by atoms with Crippen molar-refractivity contribution in [1.29, 1.82) is 0 Å². The van der Waals surface area contributed by atoms with E-state index in [2.05, 4.69) is 15.4 Å². The van der Waals surface area contributed by atoms with Gasteiger partial charge in [0.1, 0.15) is 0 Å². The lowest BCUT2D eigenvalue weighted by atomic mass is 10.2. The number of hydrogen-bond donors (Lipinski definition) is 3. The number of carbonyl (C=O) groups excluding carboxylic acids is 2. The molecular weight excluding hydrogens is 362 g/mol. The third kappa shape index (κ3) is 6.94. The molecule has 0 spiro atoms. The highest BCUT2D eigenvalue weighted by atomic mass is 32.2. The van der Waals surface area contributed by atoms with Crippen LogP contribution < -0.4 is 15.4 Å². The van der Waals surface area contributed by atoms with E-state index in [4.69, 9.17) is 0 Å². The highest BCUT2D eigenvalue weighted by Gasteiger charge is 2.07. The van der Waals surface area contributed by atoms with Crippen molar-refractivity contribution in [3.63, 3.8) is 0 Å².